The molecule has 1 heterocycles. The molecule has 8 heteroatoms. The van der Waals surface area contributed by atoms with Crippen molar-refractivity contribution in [2.45, 2.75) is 6.42 Å². The smallest absolute Gasteiger partial charge is 0.325 e. The zero-order chi connectivity index (χ0) is 19.8. The zero-order valence-corrected chi connectivity index (χ0v) is 15.5. The highest BCUT2D eigenvalue weighted by atomic mass is 16.7. The Morgan fingerprint density at radius 3 is 2.61 bits per heavy atom. The van der Waals surface area contributed by atoms with E-state index in [1.807, 2.05) is 35.2 Å². The molecule has 0 fully saturated rings. The number of anilines is 1. The van der Waals surface area contributed by atoms with Crippen LogP contribution < -0.4 is 25.8 Å². The van der Waals surface area contributed by atoms with Gasteiger partial charge in [-0.1, -0.05) is 30.3 Å². The average molecular weight is 384 g/mol. The number of imide groups is 1. The number of carbonyl (C=O) groups is 2. The van der Waals surface area contributed by atoms with Crippen molar-refractivity contribution in [3.63, 3.8) is 0 Å². The van der Waals surface area contributed by atoms with Crippen LogP contribution in [-0.2, 0) is 11.2 Å². The summed E-state index contributed by atoms with van der Waals surface area (Å²) in [6.07, 6.45) is 0.803. The fourth-order valence-corrected chi connectivity index (χ4v) is 2.89. The van der Waals surface area contributed by atoms with Gasteiger partial charge in [-0.25, -0.2) is 4.79 Å². The van der Waals surface area contributed by atoms with Crippen LogP contribution in [-0.4, -0.2) is 49.8 Å². The quantitative estimate of drug-likeness (QED) is 0.638. The van der Waals surface area contributed by atoms with Crippen molar-refractivity contribution < 1.29 is 19.1 Å². The summed E-state index contributed by atoms with van der Waals surface area (Å²) in [5, 5.41) is 4.96. The van der Waals surface area contributed by atoms with Crippen molar-refractivity contribution in [3.8, 4) is 11.5 Å². The summed E-state index contributed by atoms with van der Waals surface area (Å²) in [5.74, 6) is 0.789. The molecule has 2 aromatic rings. The molecule has 148 valence electrons. The molecule has 3 rings (SSSR count). The molecule has 0 atom stereocenters. The normalized spacial score (nSPS) is 12.1. The fourth-order valence-electron chi connectivity index (χ4n) is 2.89. The lowest BCUT2D eigenvalue weighted by Crippen LogP contribution is -2.43. The SMILES string of the molecule is NCCN(CCc1ccccc1)CC(=O)NC(=O)Nc1ccc2c(c1)OCO2. The molecule has 28 heavy (non-hydrogen) atoms. The number of amides is 3. The Kier molecular flexibility index (Phi) is 6.83. The molecule has 0 unspecified atom stereocenters. The highest BCUT2D eigenvalue weighted by Crippen LogP contribution is 2.34. The van der Waals surface area contributed by atoms with Crippen LogP contribution >= 0.6 is 0 Å². The number of ether oxygens (including phenoxy) is 2. The van der Waals surface area contributed by atoms with Crippen LogP contribution in [0.15, 0.2) is 48.5 Å². The fraction of sp³-hybridized carbons (Fsp3) is 0.300. The summed E-state index contributed by atoms with van der Waals surface area (Å²) in [7, 11) is 0. The van der Waals surface area contributed by atoms with Gasteiger partial charge in [0, 0.05) is 31.4 Å². The minimum atomic E-state index is -0.598. The van der Waals surface area contributed by atoms with E-state index in [2.05, 4.69) is 10.6 Å². The molecule has 2 aromatic carbocycles. The highest BCUT2D eigenvalue weighted by molar-refractivity contribution is 6.01. The maximum Gasteiger partial charge on any atom is 0.325 e. The molecule has 0 bridgehead atoms. The molecular weight excluding hydrogens is 360 g/mol. The van der Waals surface area contributed by atoms with E-state index < -0.39 is 6.03 Å². The third kappa shape index (κ3) is 5.70. The van der Waals surface area contributed by atoms with E-state index in [0.29, 0.717) is 36.8 Å². The highest BCUT2D eigenvalue weighted by Gasteiger charge is 2.16. The van der Waals surface area contributed by atoms with Crippen LogP contribution in [0.3, 0.4) is 0 Å². The van der Waals surface area contributed by atoms with Crippen LogP contribution in [0, 0.1) is 0 Å². The number of benzene rings is 2. The maximum atomic E-state index is 12.2. The summed E-state index contributed by atoms with van der Waals surface area (Å²) in [6.45, 7) is 1.94. The molecule has 0 spiro atoms. The van der Waals surface area contributed by atoms with E-state index >= 15 is 0 Å². The molecule has 1 aliphatic heterocycles. The van der Waals surface area contributed by atoms with E-state index in [1.54, 1.807) is 18.2 Å². The molecule has 3 amide bonds. The van der Waals surface area contributed by atoms with Crippen LogP contribution in [0.2, 0.25) is 0 Å². The minimum Gasteiger partial charge on any atom is -0.454 e. The van der Waals surface area contributed by atoms with Gasteiger partial charge in [0.1, 0.15) is 0 Å². The van der Waals surface area contributed by atoms with Crippen LogP contribution in [0.25, 0.3) is 0 Å². The lowest BCUT2D eigenvalue weighted by atomic mass is 10.1. The Labute approximate surface area is 163 Å². The van der Waals surface area contributed by atoms with Gasteiger partial charge in [-0.05, 0) is 24.1 Å². The van der Waals surface area contributed by atoms with Crippen LogP contribution in [0.5, 0.6) is 11.5 Å². The van der Waals surface area contributed by atoms with Crippen molar-refractivity contribution in [1.82, 2.24) is 10.2 Å². The Morgan fingerprint density at radius 2 is 1.82 bits per heavy atom. The lowest BCUT2D eigenvalue weighted by Gasteiger charge is -2.20. The van der Waals surface area contributed by atoms with Gasteiger partial charge in [0.25, 0.3) is 0 Å². The van der Waals surface area contributed by atoms with E-state index in [1.165, 1.54) is 5.56 Å². The number of carbonyl (C=O) groups excluding carboxylic acids is 2. The van der Waals surface area contributed by atoms with Crippen LogP contribution in [0.4, 0.5) is 10.5 Å². The van der Waals surface area contributed by atoms with E-state index in [-0.39, 0.29) is 19.2 Å². The second kappa shape index (κ2) is 9.72. The number of nitrogens with two attached hydrogens (primary N) is 1. The number of urea groups is 1. The standard InChI is InChI=1S/C20H24N4O4/c21-9-11-24(10-8-15-4-2-1-3-5-15)13-19(25)23-20(26)22-16-6-7-17-18(12-16)28-14-27-17/h1-7,12H,8-11,13-14,21H2,(H2,22,23,25,26). The largest absolute Gasteiger partial charge is 0.454 e. The Hall–Kier alpha value is -3.10. The first kappa shape index (κ1) is 19.7. The summed E-state index contributed by atoms with van der Waals surface area (Å²) >= 11 is 0. The van der Waals surface area contributed by atoms with Crippen LogP contribution in [0.1, 0.15) is 5.56 Å². The first-order valence-electron chi connectivity index (χ1n) is 9.11. The van der Waals surface area contributed by atoms with Gasteiger partial charge in [0.05, 0.1) is 6.54 Å². The van der Waals surface area contributed by atoms with Gasteiger partial charge >= 0.3 is 6.03 Å². The van der Waals surface area contributed by atoms with Gasteiger partial charge < -0.3 is 20.5 Å². The molecule has 1 aliphatic rings. The summed E-state index contributed by atoms with van der Waals surface area (Å²) in [4.78, 5) is 26.2. The van der Waals surface area contributed by atoms with Crippen molar-refractivity contribution in [1.29, 1.82) is 0 Å². The molecule has 0 radical (unpaired) electrons. The van der Waals surface area contributed by atoms with Gasteiger partial charge in [-0.2, -0.15) is 0 Å². The Morgan fingerprint density at radius 1 is 1.04 bits per heavy atom. The predicted octanol–water partition coefficient (Wildman–Crippen LogP) is 1.57. The number of rotatable bonds is 8. The first-order chi connectivity index (χ1) is 13.6. The van der Waals surface area contributed by atoms with Gasteiger partial charge in [-0.15, -0.1) is 0 Å². The minimum absolute atomic E-state index is 0.0958. The monoisotopic (exact) mass is 384 g/mol. The molecule has 0 saturated heterocycles. The number of nitrogens with one attached hydrogen (secondary N) is 2. The number of hydrogen-bond donors (Lipinski definition) is 3. The average Bonchev–Trinajstić information content (AvgIpc) is 3.14. The molecule has 0 aliphatic carbocycles. The number of nitrogens with zero attached hydrogens (tertiary/aromatic N) is 1. The van der Waals surface area contributed by atoms with E-state index in [0.717, 1.165) is 6.42 Å². The third-order valence-corrected chi connectivity index (χ3v) is 4.26. The number of hydrogen-bond acceptors (Lipinski definition) is 6. The molecule has 0 aromatic heterocycles. The Balaban J connectivity index is 1.47. The second-order valence-corrected chi connectivity index (χ2v) is 6.37. The molecule has 8 nitrogen and oxygen atoms in total. The van der Waals surface area contributed by atoms with Crippen molar-refractivity contribution in [2.24, 2.45) is 5.73 Å². The first-order valence-corrected chi connectivity index (χ1v) is 9.11. The van der Waals surface area contributed by atoms with Crippen molar-refractivity contribution >= 4 is 17.6 Å². The lowest BCUT2D eigenvalue weighted by molar-refractivity contribution is -0.121. The van der Waals surface area contributed by atoms with Crippen molar-refractivity contribution in [3.05, 3.63) is 54.1 Å². The third-order valence-electron chi connectivity index (χ3n) is 4.26. The summed E-state index contributed by atoms with van der Waals surface area (Å²) in [6, 6.07) is 14.4. The summed E-state index contributed by atoms with van der Waals surface area (Å²) in [5.41, 5.74) is 7.34. The molecular formula is C20H24N4O4. The van der Waals surface area contributed by atoms with Crippen molar-refractivity contribution in [2.75, 3.05) is 38.3 Å². The second-order valence-electron chi connectivity index (χ2n) is 6.37. The van der Waals surface area contributed by atoms with E-state index in [9.17, 15) is 9.59 Å². The summed E-state index contributed by atoms with van der Waals surface area (Å²) < 4.78 is 10.5. The molecule has 0 saturated carbocycles. The van der Waals surface area contributed by atoms with Gasteiger partial charge in [-0.3, -0.25) is 15.0 Å². The topological polar surface area (TPSA) is 106 Å². The Bertz CT molecular complexity index is 813. The predicted molar refractivity (Wildman–Crippen MR) is 105 cm³/mol. The van der Waals surface area contributed by atoms with Gasteiger partial charge in [0.2, 0.25) is 12.7 Å². The molecule has 4 N–H and O–H groups in total. The van der Waals surface area contributed by atoms with E-state index in [4.69, 9.17) is 15.2 Å². The number of fused-ring (bicyclic) bond motifs is 1. The van der Waals surface area contributed by atoms with Gasteiger partial charge in [0.15, 0.2) is 11.5 Å². The zero-order valence-electron chi connectivity index (χ0n) is 15.5. The maximum absolute atomic E-state index is 12.2.